The molecule has 0 bridgehead atoms. The second kappa shape index (κ2) is 10.8. The molecule has 0 atom stereocenters. The Morgan fingerprint density at radius 3 is 1.95 bits per heavy atom. The molecule has 0 fully saturated rings. The number of aryl methyl sites for hydroxylation is 1. The molecule has 2 rings (SSSR count). The molecular formula is C21H27N. The maximum Gasteiger partial charge on any atom is 0.0635 e. The molecule has 0 aliphatic rings. The van der Waals surface area contributed by atoms with E-state index in [9.17, 15) is 0 Å². The molecular weight excluding hydrogens is 266 g/mol. The highest BCUT2D eigenvalue weighted by Crippen LogP contribution is 2.09. The first-order chi connectivity index (χ1) is 10.9. The number of benzene rings is 2. The predicted octanol–water partition coefficient (Wildman–Crippen LogP) is 5.84. The van der Waals surface area contributed by atoms with Crippen molar-refractivity contribution in [1.82, 2.24) is 0 Å². The lowest BCUT2D eigenvalue weighted by Gasteiger charge is -2.01. The third-order valence-electron chi connectivity index (χ3n) is 3.89. The Kier molecular flexibility index (Phi) is 8.08. The maximum atomic E-state index is 4.49. The number of hydrogen-bond donors (Lipinski definition) is 0. The quantitative estimate of drug-likeness (QED) is 0.385. The molecule has 0 aliphatic carbocycles. The fourth-order valence-corrected chi connectivity index (χ4v) is 2.58. The van der Waals surface area contributed by atoms with E-state index in [4.69, 9.17) is 0 Å². The second-order valence-electron chi connectivity index (χ2n) is 5.80. The molecule has 0 saturated carbocycles. The Labute approximate surface area is 135 Å². The van der Waals surface area contributed by atoms with Crippen LogP contribution in [0, 0.1) is 0 Å². The molecule has 0 radical (unpaired) electrons. The van der Waals surface area contributed by atoms with Crippen molar-refractivity contribution in [2.24, 2.45) is 4.99 Å². The van der Waals surface area contributed by atoms with Crippen molar-refractivity contribution in [3.63, 3.8) is 0 Å². The summed E-state index contributed by atoms with van der Waals surface area (Å²) in [7, 11) is 0. The average molecular weight is 293 g/mol. The van der Waals surface area contributed by atoms with Crippen molar-refractivity contribution in [3.05, 3.63) is 71.8 Å². The molecule has 0 heterocycles. The summed E-state index contributed by atoms with van der Waals surface area (Å²) in [6.45, 7) is 0.817. The molecule has 0 spiro atoms. The molecule has 116 valence electrons. The van der Waals surface area contributed by atoms with Crippen LogP contribution < -0.4 is 0 Å². The Morgan fingerprint density at radius 2 is 1.23 bits per heavy atom. The third kappa shape index (κ3) is 7.21. The van der Waals surface area contributed by atoms with Crippen LogP contribution in [-0.4, -0.2) is 6.21 Å². The van der Waals surface area contributed by atoms with Crippen molar-refractivity contribution in [1.29, 1.82) is 0 Å². The minimum atomic E-state index is 0.817. The highest BCUT2D eigenvalue weighted by Gasteiger charge is 1.93. The number of aliphatic imine (C=N–C) groups is 1. The van der Waals surface area contributed by atoms with Gasteiger partial charge in [-0.2, -0.15) is 0 Å². The molecule has 0 unspecified atom stereocenters. The van der Waals surface area contributed by atoms with Gasteiger partial charge >= 0.3 is 0 Å². The lowest BCUT2D eigenvalue weighted by molar-refractivity contribution is 0.623. The molecule has 0 saturated heterocycles. The van der Waals surface area contributed by atoms with Gasteiger partial charge in [-0.05, 0) is 43.0 Å². The summed E-state index contributed by atoms with van der Waals surface area (Å²) in [5, 5.41) is 0. The van der Waals surface area contributed by atoms with Gasteiger partial charge in [0.15, 0.2) is 0 Å². The van der Waals surface area contributed by atoms with Crippen LogP contribution in [0.1, 0.15) is 49.7 Å². The molecule has 0 aromatic heterocycles. The number of unbranched alkanes of at least 4 members (excludes halogenated alkanes) is 5. The second-order valence-corrected chi connectivity index (χ2v) is 5.80. The van der Waals surface area contributed by atoms with Gasteiger partial charge in [0.05, 0.1) is 6.54 Å². The molecule has 2 aromatic carbocycles. The molecule has 0 N–H and O–H groups in total. The highest BCUT2D eigenvalue weighted by molar-refractivity contribution is 5.57. The molecule has 0 aliphatic heterocycles. The SMILES string of the molecule is C(CCCCCCCc1ccccc1)=NCc1ccccc1. The summed E-state index contributed by atoms with van der Waals surface area (Å²) >= 11 is 0. The topological polar surface area (TPSA) is 12.4 Å². The highest BCUT2D eigenvalue weighted by atomic mass is 14.7. The van der Waals surface area contributed by atoms with E-state index in [0.29, 0.717) is 0 Å². The molecule has 1 heteroatoms. The Bertz CT molecular complexity index is 516. The van der Waals surface area contributed by atoms with Gasteiger partial charge in [0.1, 0.15) is 0 Å². The first-order valence-corrected chi connectivity index (χ1v) is 8.51. The standard InChI is InChI=1S/C21H27N/c1(3-7-13-20-14-8-5-9-15-20)2-4-12-18-22-19-21-16-10-6-11-17-21/h5-6,8-11,14-18H,1-4,7,12-13,19H2. The Balaban J connectivity index is 1.43. The first kappa shape index (κ1) is 16.5. The van der Waals surface area contributed by atoms with E-state index in [0.717, 1.165) is 13.0 Å². The zero-order valence-electron chi connectivity index (χ0n) is 13.5. The van der Waals surface area contributed by atoms with Crippen LogP contribution in [0.15, 0.2) is 65.7 Å². The van der Waals surface area contributed by atoms with E-state index in [-0.39, 0.29) is 0 Å². The van der Waals surface area contributed by atoms with Gasteiger partial charge in [-0.25, -0.2) is 0 Å². The van der Waals surface area contributed by atoms with Gasteiger partial charge in [-0.3, -0.25) is 4.99 Å². The van der Waals surface area contributed by atoms with E-state index in [1.54, 1.807) is 0 Å². The van der Waals surface area contributed by atoms with Crippen LogP contribution in [0.3, 0.4) is 0 Å². The van der Waals surface area contributed by atoms with Gasteiger partial charge in [0, 0.05) is 0 Å². The molecule has 2 aromatic rings. The van der Waals surface area contributed by atoms with Gasteiger partial charge in [0.2, 0.25) is 0 Å². The number of nitrogens with zero attached hydrogens (tertiary/aromatic N) is 1. The van der Waals surface area contributed by atoms with Crippen LogP contribution in [0.2, 0.25) is 0 Å². The van der Waals surface area contributed by atoms with Gasteiger partial charge in [-0.1, -0.05) is 79.9 Å². The van der Waals surface area contributed by atoms with E-state index >= 15 is 0 Å². The summed E-state index contributed by atoms with van der Waals surface area (Å²) in [5.74, 6) is 0. The summed E-state index contributed by atoms with van der Waals surface area (Å²) < 4.78 is 0. The largest absolute Gasteiger partial charge is 0.293 e. The average Bonchev–Trinajstić information content (AvgIpc) is 2.58. The van der Waals surface area contributed by atoms with Crippen LogP contribution >= 0.6 is 0 Å². The van der Waals surface area contributed by atoms with Crippen molar-refractivity contribution >= 4 is 6.21 Å². The predicted molar refractivity (Wildman–Crippen MR) is 96.5 cm³/mol. The fourth-order valence-electron chi connectivity index (χ4n) is 2.58. The van der Waals surface area contributed by atoms with Crippen molar-refractivity contribution in [3.8, 4) is 0 Å². The molecule has 1 nitrogen and oxygen atoms in total. The lowest BCUT2D eigenvalue weighted by atomic mass is 10.1. The number of hydrogen-bond acceptors (Lipinski definition) is 1. The number of rotatable bonds is 10. The van der Waals surface area contributed by atoms with Crippen LogP contribution in [0.25, 0.3) is 0 Å². The van der Waals surface area contributed by atoms with Gasteiger partial charge < -0.3 is 0 Å². The van der Waals surface area contributed by atoms with Crippen molar-refractivity contribution < 1.29 is 0 Å². The minimum Gasteiger partial charge on any atom is -0.293 e. The fraction of sp³-hybridized carbons (Fsp3) is 0.381. The Hall–Kier alpha value is -1.89. The summed E-state index contributed by atoms with van der Waals surface area (Å²) in [5.41, 5.74) is 2.76. The Morgan fingerprint density at radius 1 is 0.636 bits per heavy atom. The summed E-state index contributed by atoms with van der Waals surface area (Å²) in [6.07, 6.45) is 11.0. The monoisotopic (exact) mass is 293 g/mol. The minimum absolute atomic E-state index is 0.817. The van der Waals surface area contributed by atoms with Crippen LogP contribution in [0.4, 0.5) is 0 Å². The molecule has 22 heavy (non-hydrogen) atoms. The van der Waals surface area contributed by atoms with Gasteiger partial charge in [0.25, 0.3) is 0 Å². The van der Waals surface area contributed by atoms with E-state index in [2.05, 4.69) is 65.8 Å². The lowest BCUT2D eigenvalue weighted by Crippen LogP contribution is -1.86. The normalized spacial score (nSPS) is 11.1. The smallest absolute Gasteiger partial charge is 0.0635 e. The van der Waals surface area contributed by atoms with Crippen LogP contribution in [0.5, 0.6) is 0 Å². The van der Waals surface area contributed by atoms with Gasteiger partial charge in [-0.15, -0.1) is 0 Å². The first-order valence-electron chi connectivity index (χ1n) is 8.51. The van der Waals surface area contributed by atoms with E-state index in [1.165, 1.54) is 49.7 Å². The summed E-state index contributed by atoms with van der Waals surface area (Å²) in [6, 6.07) is 21.2. The zero-order chi connectivity index (χ0) is 15.3. The maximum absolute atomic E-state index is 4.49. The van der Waals surface area contributed by atoms with Crippen molar-refractivity contribution in [2.75, 3.05) is 0 Å². The third-order valence-corrected chi connectivity index (χ3v) is 3.89. The van der Waals surface area contributed by atoms with Crippen LogP contribution in [-0.2, 0) is 13.0 Å². The summed E-state index contributed by atoms with van der Waals surface area (Å²) in [4.78, 5) is 4.49. The zero-order valence-corrected chi connectivity index (χ0v) is 13.5. The van der Waals surface area contributed by atoms with Crippen molar-refractivity contribution in [2.45, 2.75) is 51.5 Å². The molecule has 0 amide bonds. The van der Waals surface area contributed by atoms with E-state index < -0.39 is 0 Å². The van der Waals surface area contributed by atoms with E-state index in [1.807, 2.05) is 6.07 Å².